The highest BCUT2D eigenvalue weighted by Crippen LogP contribution is 2.32. The van der Waals surface area contributed by atoms with Gasteiger partial charge in [0.05, 0.1) is 18.0 Å². The summed E-state index contributed by atoms with van der Waals surface area (Å²) in [5.41, 5.74) is 1.38. The Morgan fingerprint density at radius 3 is 2.47 bits per heavy atom. The first kappa shape index (κ1) is 23.7. The van der Waals surface area contributed by atoms with Gasteiger partial charge in [0.2, 0.25) is 6.79 Å². The van der Waals surface area contributed by atoms with Gasteiger partial charge >= 0.3 is 11.8 Å². The summed E-state index contributed by atoms with van der Waals surface area (Å²) in [7, 11) is 0. The highest BCUT2D eigenvalue weighted by atomic mass is 19.1. The number of amides is 2. The van der Waals surface area contributed by atoms with Crippen LogP contribution in [0, 0.1) is 5.82 Å². The molecule has 188 valence electrons. The van der Waals surface area contributed by atoms with Gasteiger partial charge in [0.25, 0.3) is 0 Å². The lowest BCUT2D eigenvalue weighted by Crippen LogP contribution is -2.51. The maximum Gasteiger partial charge on any atom is 0.309 e. The zero-order valence-corrected chi connectivity index (χ0v) is 19.6. The Morgan fingerprint density at radius 2 is 1.69 bits per heavy atom. The maximum absolute atomic E-state index is 14.2. The monoisotopic (exact) mass is 494 g/mol. The molecule has 3 heterocycles. The normalized spacial score (nSPS) is 16.0. The number of nitrogens with one attached hydrogen (secondary N) is 2. The van der Waals surface area contributed by atoms with Crippen LogP contribution in [-0.2, 0) is 16.1 Å². The number of piperazine rings is 1. The van der Waals surface area contributed by atoms with E-state index in [0.29, 0.717) is 49.1 Å². The molecule has 0 aliphatic carbocycles. The van der Waals surface area contributed by atoms with Gasteiger partial charge < -0.3 is 29.4 Å². The maximum atomic E-state index is 14.2. The van der Waals surface area contributed by atoms with Crippen LogP contribution in [0.3, 0.4) is 0 Å². The third-order valence-electron chi connectivity index (χ3n) is 6.37. The number of rotatable bonds is 7. The average Bonchev–Trinajstić information content (AvgIpc) is 3.60. The van der Waals surface area contributed by atoms with Gasteiger partial charge in [-0.05, 0) is 42.0 Å². The molecule has 2 aromatic carbocycles. The SMILES string of the molecule is O=C(NCc1ccc2c(c1)OCO2)C(=O)NC[C@@H](c1ccco1)N1CCN(c2ccccc2F)CC1. The lowest BCUT2D eigenvalue weighted by Gasteiger charge is -2.39. The molecule has 0 bridgehead atoms. The Hall–Kier alpha value is -4.05. The second-order valence-electron chi connectivity index (χ2n) is 8.59. The van der Waals surface area contributed by atoms with Gasteiger partial charge in [-0.3, -0.25) is 14.5 Å². The van der Waals surface area contributed by atoms with E-state index in [1.54, 1.807) is 42.7 Å². The van der Waals surface area contributed by atoms with E-state index in [2.05, 4.69) is 15.5 Å². The van der Waals surface area contributed by atoms with Crippen molar-refractivity contribution in [2.24, 2.45) is 0 Å². The molecule has 2 aliphatic rings. The van der Waals surface area contributed by atoms with Crippen molar-refractivity contribution >= 4 is 17.5 Å². The van der Waals surface area contributed by atoms with E-state index < -0.39 is 11.8 Å². The number of ether oxygens (including phenoxy) is 2. The number of carbonyl (C=O) groups excluding carboxylic acids is 2. The number of halogens is 1. The molecule has 0 radical (unpaired) electrons. The third-order valence-corrected chi connectivity index (χ3v) is 6.37. The average molecular weight is 495 g/mol. The van der Waals surface area contributed by atoms with Gasteiger partial charge in [-0.2, -0.15) is 0 Å². The minimum absolute atomic E-state index is 0.169. The van der Waals surface area contributed by atoms with Gasteiger partial charge in [-0.15, -0.1) is 0 Å². The summed E-state index contributed by atoms with van der Waals surface area (Å²) in [6, 6.07) is 15.5. The van der Waals surface area contributed by atoms with E-state index >= 15 is 0 Å². The summed E-state index contributed by atoms with van der Waals surface area (Å²) in [4.78, 5) is 29.1. The molecule has 9 nitrogen and oxygen atoms in total. The number of furan rings is 1. The topological polar surface area (TPSA) is 96.3 Å². The molecule has 1 atom stereocenters. The molecule has 36 heavy (non-hydrogen) atoms. The molecule has 1 fully saturated rings. The summed E-state index contributed by atoms with van der Waals surface area (Å²) < 4.78 is 30.4. The van der Waals surface area contributed by atoms with Crippen molar-refractivity contribution in [2.75, 3.05) is 44.4 Å². The predicted octanol–water partition coefficient (Wildman–Crippen LogP) is 2.44. The number of nitrogens with zero attached hydrogens (tertiary/aromatic N) is 2. The molecule has 1 aromatic heterocycles. The number of para-hydroxylation sites is 1. The molecular formula is C26H27FN4O5. The van der Waals surface area contributed by atoms with Gasteiger partial charge in [0, 0.05) is 39.3 Å². The fraction of sp³-hybridized carbons (Fsp3) is 0.308. The molecule has 2 N–H and O–H groups in total. The second kappa shape index (κ2) is 10.7. The van der Waals surface area contributed by atoms with Gasteiger partial charge in [0.1, 0.15) is 11.6 Å². The smallest absolute Gasteiger partial charge is 0.309 e. The molecule has 2 amide bonds. The van der Waals surface area contributed by atoms with Crippen molar-refractivity contribution in [3.05, 3.63) is 78.0 Å². The molecule has 0 unspecified atom stereocenters. The molecule has 0 saturated carbocycles. The van der Waals surface area contributed by atoms with Crippen LogP contribution in [-0.4, -0.2) is 56.2 Å². The van der Waals surface area contributed by atoms with E-state index in [0.717, 1.165) is 5.56 Å². The summed E-state index contributed by atoms with van der Waals surface area (Å²) >= 11 is 0. The van der Waals surface area contributed by atoms with Gasteiger partial charge in [0.15, 0.2) is 11.5 Å². The van der Waals surface area contributed by atoms with Crippen LogP contribution < -0.4 is 25.0 Å². The van der Waals surface area contributed by atoms with E-state index in [4.69, 9.17) is 13.9 Å². The Bertz CT molecular complexity index is 1210. The van der Waals surface area contributed by atoms with Crippen molar-refractivity contribution in [2.45, 2.75) is 12.6 Å². The first-order valence-electron chi connectivity index (χ1n) is 11.8. The van der Waals surface area contributed by atoms with Crippen molar-refractivity contribution in [1.82, 2.24) is 15.5 Å². The molecule has 1 saturated heterocycles. The van der Waals surface area contributed by atoms with Crippen molar-refractivity contribution < 1.29 is 27.9 Å². The fourth-order valence-corrected chi connectivity index (χ4v) is 4.46. The third kappa shape index (κ3) is 5.28. The minimum atomic E-state index is -0.727. The summed E-state index contributed by atoms with van der Waals surface area (Å²) in [5.74, 6) is 0.264. The van der Waals surface area contributed by atoms with Crippen LogP contribution in [0.4, 0.5) is 10.1 Å². The van der Waals surface area contributed by atoms with E-state index in [-0.39, 0.29) is 31.7 Å². The summed E-state index contributed by atoms with van der Waals surface area (Å²) in [6.07, 6.45) is 1.58. The number of carbonyl (C=O) groups is 2. The molecule has 0 spiro atoms. The van der Waals surface area contributed by atoms with Crippen molar-refractivity contribution in [3.63, 3.8) is 0 Å². The van der Waals surface area contributed by atoms with Crippen LogP contribution in [0.1, 0.15) is 17.4 Å². The standard InChI is InChI=1S/C26H27FN4O5/c27-19-4-1-2-5-20(19)30-9-11-31(12-10-30)21(22-6-3-13-34-22)16-29-26(33)25(32)28-15-18-7-8-23-24(14-18)36-17-35-23/h1-8,13-14,21H,9-12,15-17H2,(H,28,32)(H,29,33)/t21-/m0/s1. The Labute approximate surface area is 207 Å². The van der Waals surface area contributed by atoms with E-state index in [1.165, 1.54) is 6.07 Å². The first-order chi connectivity index (χ1) is 17.6. The highest BCUT2D eigenvalue weighted by molar-refractivity contribution is 6.35. The highest BCUT2D eigenvalue weighted by Gasteiger charge is 2.29. The van der Waals surface area contributed by atoms with Gasteiger partial charge in [-0.25, -0.2) is 4.39 Å². The molecular weight excluding hydrogens is 467 g/mol. The summed E-state index contributed by atoms with van der Waals surface area (Å²) in [6.45, 7) is 3.09. The Kier molecular flexibility index (Phi) is 7.03. The lowest BCUT2D eigenvalue weighted by molar-refractivity contribution is -0.139. The predicted molar refractivity (Wildman–Crippen MR) is 129 cm³/mol. The quantitative estimate of drug-likeness (QED) is 0.487. The minimum Gasteiger partial charge on any atom is -0.468 e. The van der Waals surface area contributed by atoms with Gasteiger partial charge in [-0.1, -0.05) is 18.2 Å². The van der Waals surface area contributed by atoms with E-state index in [1.807, 2.05) is 17.0 Å². The number of hydrogen-bond donors (Lipinski definition) is 2. The van der Waals surface area contributed by atoms with Crippen LogP contribution in [0.15, 0.2) is 65.3 Å². The van der Waals surface area contributed by atoms with Crippen LogP contribution in [0.25, 0.3) is 0 Å². The van der Waals surface area contributed by atoms with E-state index in [9.17, 15) is 14.0 Å². The molecule has 10 heteroatoms. The number of fused-ring (bicyclic) bond motifs is 1. The van der Waals surface area contributed by atoms with Crippen molar-refractivity contribution in [3.8, 4) is 11.5 Å². The van der Waals surface area contributed by atoms with Crippen LogP contribution >= 0.6 is 0 Å². The first-order valence-corrected chi connectivity index (χ1v) is 11.8. The van der Waals surface area contributed by atoms with Crippen molar-refractivity contribution in [1.29, 1.82) is 0 Å². The Morgan fingerprint density at radius 1 is 0.917 bits per heavy atom. The molecule has 2 aliphatic heterocycles. The zero-order chi connectivity index (χ0) is 24.9. The largest absolute Gasteiger partial charge is 0.468 e. The second-order valence-corrected chi connectivity index (χ2v) is 8.59. The molecule has 5 rings (SSSR count). The number of benzene rings is 2. The fourth-order valence-electron chi connectivity index (χ4n) is 4.46. The summed E-state index contributed by atoms with van der Waals surface area (Å²) in [5, 5.41) is 5.36. The van der Waals surface area contributed by atoms with Crippen LogP contribution in [0.2, 0.25) is 0 Å². The zero-order valence-electron chi connectivity index (χ0n) is 19.6. The molecule has 3 aromatic rings. The van der Waals surface area contributed by atoms with Crippen LogP contribution in [0.5, 0.6) is 11.5 Å². The number of hydrogen-bond acceptors (Lipinski definition) is 7. The Balaban J connectivity index is 1.15. The number of anilines is 1. The lowest BCUT2D eigenvalue weighted by atomic mass is 10.1.